The third kappa shape index (κ3) is 2.30. The van der Waals surface area contributed by atoms with E-state index in [2.05, 4.69) is 15.9 Å². The van der Waals surface area contributed by atoms with Gasteiger partial charge in [0.1, 0.15) is 5.75 Å². The predicted octanol–water partition coefficient (Wildman–Crippen LogP) is 4.08. The molecule has 0 radical (unpaired) electrons. The van der Waals surface area contributed by atoms with Crippen LogP contribution in [0.25, 0.3) is 10.8 Å². The molecule has 19 heavy (non-hydrogen) atoms. The second-order valence-corrected chi connectivity index (χ2v) is 4.53. The number of halogens is 5. The molecule has 2 nitrogen and oxygen atoms in total. The Balaban J connectivity index is 2.82. The second kappa shape index (κ2) is 4.80. The molecule has 0 atom stereocenters. The first kappa shape index (κ1) is 13.8. The molecule has 0 unspecified atom stereocenters. The molecule has 0 saturated heterocycles. The van der Waals surface area contributed by atoms with Crippen LogP contribution < -0.4 is 4.74 Å². The predicted molar refractivity (Wildman–Crippen MR) is 62.8 cm³/mol. The molecule has 0 amide bonds. The van der Waals surface area contributed by atoms with Crippen LogP contribution in [0.4, 0.5) is 17.6 Å². The van der Waals surface area contributed by atoms with Gasteiger partial charge in [0.05, 0.1) is 4.47 Å². The van der Waals surface area contributed by atoms with Crippen LogP contribution in [-0.2, 0) is 4.79 Å². The lowest BCUT2D eigenvalue weighted by Crippen LogP contribution is -2.03. The fourth-order valence-electron chi connectivity index (χ4n) is 1.58. The molecule has 0 saturated carbocycles. The number of hydrogen-bond donors (Lipinski definition) is 0. The van der Waals surface area contributed by atoms with Crippen molar-refractivity contribution < 1.29 is 27.1 Å². The minimum absolute atomic E-state index is 0.111. The van der Waals surface area contributed by atoms with Crippen molar-refractivity contribution in [2.45, 2.75) is 6.92 Å². The number of hydrogen-bond acceptors (Lipinski definition) is 2. The lowest BCUT2D eigenvalue weighted by atomic mass is 10.1. The number of esters is 1. The molecule has 2 aromatic rings. The van der Waals surface area contributed by atoms with Crippen molar-refractivity contribution in [3.63, 3.8) is 0 Å². The molecular formula is C12H5BrF4O2. The Morgan fingerprint density at radius 1 is 1.00 bits per heavy atom. The quantitative estimate of drug-likeness (QED) is 0.258. The molecule has 2 rings (SSSR count). The number of carbonyl (C=O) groups excluding carboxylic acids is 1. The summed E-state index contributed by atoms with van der Waals surface area (Å²) in [5, 5.41) is -0.977. The summed E-state index contributed by atoms with van der Waals surface area (Å²) in [5.41, 5.74) is 0. The van der Waals surface area contributed by atoms with Gasteiger partial charge in [-0.3, -0.25) is 4.79 Å². The number of benzene rings is 2. The number of fused-ring (bicyclic) bond motifs is 1. The minimum atomic E-state index is -1.92. The summed E-state index contributed by atoms with van der Waals surface area (Å²) in [6.07, 6.45) is 0. The van der Waals surface area contributed by atoms with Crippen molar-refractivity contribution in [2.24, 2.45) is 0 Å². The van der Waals surface area contributed by atoms with E-state index in [1.165, 1.54) is 0 Å². The molecule has 0 spiro atoms. The zero-order valence-corrected chi connectivity index (χ0v) is 10.9. The maximum absolute atomic E-state index is 13.6. The van der Waals surface area contributed by atoms with E-state index in [0.717, 1.165) is 19.1 Å². The number of ether oxygens (including phenoxy) is 1. The molecule has 0 aromatic heterocycles. The SMILES string of the molecule is CC(=O)Oc1cc2c(F)c(F)c(F)c(F)c2cc1Br. The Labute approximate surface area is 113 Å². The number of rotatable bonds is 1. The summed E-state index contributed by atoms with van der Waals surface area (Å²) in [4.78, 5) is 10.8. The summed E-state index contributed by atoms with van der Waals surface area (Å²) in [6.45, 7) is 1.11. The van der Waals surface area contributed by atoms with Gasteiger partial charge in [-0.1, -0.05) is 0 Å². The van der Waals surface area contributed by atoms with E-state index in [0.29, 0.717) is 0 Å². The van der Waals surface area contributed by atoms with Gasteiger partial charge in [-0.25, -0.2) is 17.6 Å². The third-order valence-corrected chi connectivity index (χ3v) is 3.00. The van der Waals surface area contributed by atoms with Crippen LogP contribution in [0.3, 0.4) is 0 Å². The largest absolute Gasteiger partial charge is 0.425 e. The summed E-state index contributed by atoms with van der Waals surface area (Å²) < 4.78 is 58.1. The van der Waals surface area contributed by atoms with E-state index in [9.17, 15) is 22.4 Å². The highest BCUT2D eigenvalue weighted by atomic mass is 79.9. The first-order valence-corrected chi connectivity index (χ1v) is 5.75. The monoisotopic (exact) mass is 336 g/mol. The van der Waals surface area contributed by atoms with Gasteiger partial charge >= 0.3 is 5.97 Å². The Morgan fingerprint density at radius 2 is 1.47 bits per heavy atom. The van der Waals surface area contributed by atoms with Crippen LogP contribution in [0, 0.1) is 23.3 Å². The summed E-state index contributed by atoms with van der Waals surface area (Å²) in [7, 11) is 0. The molecule has 0 aliphatic carbocycles. The van der Waals surface area contributed by atoms with Gasteiger partial charge in [-0.15, -0.1) is 0 Å². The third-order valence-electron chi connectivity index (χ3n) is 2.38. The molecule has 7 heteroatoms. The van der Waals surface area contributed by atoms with Gasteiger partial charge in [-0.05, 0) is 28.1 Å². The van der Waals surface area contributed by atoms with Crippen LogP contribution in [0.5, 0.6) is 5.75 Å². The van der Waals surface area contributed by atoms with Crippen LogP contribution >= 0.6 is 15.9 Å². The zero-order valence-electron chi connectivity index (χ0n) is 9.36. The molecular weight excluding hydrogens is 332 g/mol. The number of carbonyl (C=O) groups is 1. The van der Waals surface area contributed by atoms with Crippen molar-refractivity contribution in [1.82, 2.24) is 0 Å². The van der Waals surface area contributed by atoms with Crippen molar-refractivity contribution in [3.8, 4) is 5.75 Å². The average molecular weight is 337 g/mol. The molecule has 0 aliphatic rings. The highest BCUT2D eigenvalue weighted by Gasteiger charge is 2.22. The molecule has 0 bridgehead atoms. The van der Waals surface area contributed by atoms with Gasteiger partial charge in [0.25, 0.3) is 0 Å². The van der Waals surface area contributed by atoms with Crippen LogP contribution in [0.1, 0.15) is 6.92 Å². The zero-order chi connectivity index (χ0) is 14.3. The Morgan fingerprint density at radius 3 is 1.95 bits per heavy atom. The summed E-state index contributed by atoms with van der Waals surface area (Å²) >= 11 is 2.97. The van der Waals surface area contributed by atoms with Crippen LogP contribution in [0.15, 0.2) is 16.6 Å². The van der Waals surface area contributed by atoms with Crippen LogP contribution in [-0.4, -0.2) is 5.97 Å². The van der Waals surface area contributed by atoms with Gasteiger partial charge in [0.2, 0.25) is 0 Å². The van der Waals surface area contributed by atoms with Gasteiger partial charge in [0, 0.05) is 17.7 Å². The molecule has 0 heterocycles. The average Bonchev–Trinajstić information content (AvgIpc) is 2.35. The summed E-state index contributed by atoms with van der Waals surface area (Å²) in [5.74, 6) is -7.68. The second-order valence-electron chi connectivity index (χ2n) is 3.68. The molecule has 100 valence electrons. The lowest BCUT2D eigenvalue weighted by Gasteiger charge is -2.09. The van der Waals surface area contributed by atoms with E-state index in [4.69, 9.17) is 4.74 Å². The Hall–Kier alpha value is -1.63. The maximum atomic E-state index is 13.6. The van der Waals surface area contributed by atoms with Crippen molar-refractivity contribution in [2.75, 3.05) is 0 Å². The van der Waals surface area contributed by atoms with E-state index in [1.54, 1.807) is 0 Å². The van der Waals surface area contributed by atoms with E-state index >= 15 is 0 Å². The molecule has 0 N–H and O–H groups in total. The molecule has 0 fully saturated rings. The van der Waals surface area contributed by atoms with Crippen molar-refractivity contribution >= 4 is 32.7 Å². The van der Waals surface area contributed by atoms with Gasteiger partial charge < -0.3 is 4.74 Å². The highest BCUT2D eigenvalue weighted by molar-refractivity contribution is 9.10. The standard InChI is InChI=1S/C12H5BrF4O2/c1-4(18)19-8-3-6-5(2-7(8)13)9(14)11(16)12(17)10(6)15/h2-3H,1H3. The molecule has 2 aromatic carbocycles. The fraction of sp³-hybridized carbons (Fsp3) is 0.0833. The topological polar surface area (TPSA) is 26.3 Å². The fourth-order valence-corrected chi connectivity index (χ4v) is 2.00. The maximum Gasteiger partial charge on any atom is 0.308 e. The minimum Gasteiger partial charge on any atom is -0.425 e. The van der Waals surface area contributed by atoms with Gasteiger partial charge in [-0.2, -0.15) is 0 Å². The van der Waals surface area contributed by atoms with Gasteiger partial charge in [0.15, 0.2) is 23.3 Å². The van der Waals surface area contributed by atoms with E-state index < -0.39 is 40.0 Å². The highest BCUT2D eigenvalue weighted by Crippen LogP contribution is 2.35. The summed E-state index contributed by atoms with van der Waals surface area (Å²) in [6, 6.07) is 1.93. The van der Waals surface area contributed by atoms with Crippen molar-refractivity contribution in [3.05, 3.63) is 39.9 Å². The molecule has 0 aliphatic heterocycles. The first-order valence-electron chi connectivity index (χ1n) is 4.96. The van der Waals surface area contributed by atoms with Crippen LogP contribution in [0.2, 0.25) is 0 Å². The Bertz CT molecular complexity index is 700. The van der Waals surface area contributed by atoms with Crippen molar-refractivity contribution in [1.29, 1.82) is 0 Å². The lowest BCUT2D eigenvalue weighted by molar-refractivity contribution is -0.131. The Kier molecular flexibility index (Phi) is 3.49. The van der Waals surface area contributed by atoms with E-state index in [-0.39, 0.29) is 10.2 Å². The first-order chi connectivity index (χ1) is 8.82. The van der Waals surface area contributed by atoms with E-state index in [1.807, 2.05) is 0 Å². The smallest absolute Gasteiger partial charge is 0.308 e. The normalized spacial score (nSPS) is 10.8.